The summed E-state index contributed by atoms with van der Waals surface area (Å²) < 4.78 is 25.2. The SMILES string of the molecule is CC1(C)NC(=O)CC1c1cccc(C(F)F)c1. The van der Waals surface area contributed by atoms with Crippen LogP contribution in [0.4, 0.5) is 8.78 Å². The van der Waals surface area contributed by atoms with E-state index in [9.17, 15) is 13.6 Å². The highest BCUT2D eigenvalue weighted by atomic mass is 19.3. The summed E-state index contributed by atoms with van der Waals surface area (Å²) >= 11 is 0. The Morgan fingerprint density at radius 1 is 1.41 bits per heavy atom. The summed E-state index contributed by atoms with van der Waals surface area (Å²) in [5.74, 6) is -0.0730. The predicted octanol–water partition coefficient (Wildman–Crippen LogP) is 3.01. The van der Waals surface area contributed by atoms with Crippen molar-refractivity contribution in [1.82, 2.24) is 5.32 Å². The predicted molar refractivity (Wildman–Crippen MR) is 61.0 cm³/mol. The number of hydrogen-bond donors (Lipinski definition) is 1. The number of nitrogens with one attached hydrogen (secondary N) is 1. The van der Waals surface area contributed by atoms with Crippen molar-refractivity contribution in [3.8, 4) is 0 Å². The molecule has 17 heavy (non-hydrogen) atoms. The van der Waals surface area contributed by atoms with E-state index in [0.29, 0.717) is 6.42 Å². The molecule has 0 aromatic heterocycles. The highest BCUT2D eigenvalue weighted by Crippen LogP contribution is 2.37. The van der Waals surface area contributed by atoms with E-state index in [1.807, 2.05) is 13.8 Å². The Labute approximate surface area is 99.0 Å². The van der Waals surface area contributed by atoms with Crippen LogP contribution in [-0.4, -0.2) is 11.4 Å². The van der Waals surface area contributed by atoms with Crippen LogP contribution >= 0.6 is 0 Å². The first-order valence-corrected chi connectivity index (χ1v) is 5.59. The molecular formula is C13H15F2NO. The van der Waals surface area contributed by atoms with Crippen molar-refractivity contribution in [2.75, 3.05) is 0 Å². The summed E-state index contributed by atoms with van der Waals surface area (Å²) in [6, 6.07) is 6.33. The Balaban J connectivity index is 2.34. The minimum Gasteiger partial charge on any atom is -0.351 e. The topological polar surface area (TPSA) is 29.1 Å². The first-order valence-electron chi connectivity index (χ1n) is 5.59. The zero-order valence-corrected chi connectivity index (χ0v) is 9.84. The van der Waals surface area contributed by atoms with Gasteiger partial charge in [-0.15, -0.1) is 0 Å². The van der Waals surface area contributed by atoms with Crippen LogP contribution in [0.5, 0.6) is 0 Å². The lowest BCUT2D eigenvalue weighted by Gasteiger charge is -2.27. The molecular weight excluding hydrogens is 224 g/mol. The first kappa shape index (κ1) is 12.0. The molecule has 1 N–H and O–H groups in total. The molecule has 0 saturated carbocycles. The van der Waals surface area contributed by atoms with Gasteiger partial charge in [0.05, 0.1) is 0 Å². The molecule has 0 radical (unpaired) electrons. The smallest absolute Gasteiger partial charge is 0.263 e. The maximum Gasteiger partial charge on any atom is 0.263 e. The second kappa shape index (κ2) is 4.09. The maximum atomic E-state index is 12.6. The molecule has 0 bridgehead atoms. The van der Waals surface area contributed by atoms with Gasteiger partial charge in [-0.25, -0.2) is 8.78 Å². The lowest BCUT2D eigenvalue weighted by atomic mass is 9.83. The quantitative estimate of drug-likeness (QED) is 0.844. The van der Waals surface area contributed by atoms with Crippen molar-refractivity contribution >= 4 is 5.91 Å². The molecule has 2 nitrogen and oxygen atoms in total. The van der Waals surface area contributed by atoms with Gasteiger partial charge in [0.2, 0.25) is 5.91 Å². The summed E-state index contributed by atoms with van der Waals surface area (Å²) in [5.41, 5.74) is 0.432. The second-order valence-electron chi connectivity index (χ2n) is 5.00. The molecule has 1 unspecified atom stereocenters. The Morgan fingerprint density at radius 2 is 2.12 bits per heavy atom. The molecule has 1 aliphatic rings. The molecule has 1 heterocycles. The van der Waals surface area contributed by atoms with Crippen molar-refractivity contribution in [3.05, 3.63) is 35.4 Å². The Kier molecular flexibility index (Phi) is 2.89. The Bertz CT molecular complexity index is 443. The molecule has 1 saturated heterocycles. The number of halogens is 2. The summed E-state index contributed by atoms with van der Waals surface area (Å²) in [6.07, 6.45) is -2.11. The van der Waals surface area contributed by atoms with Crippen LogP contribution in [0.15, 0.2) is 24.3 Å². The molecule has 2 rings (SSSR count). The minimum atomic E-state index is -2.47. The van der Waals surface area contributed by atoms with Crippen molar-refractivity contribution in [2.24, 2.45) is 0 Å². The van der Waals surface area contributed by atoms with Gasteiger partial charge in [-0.2, -0.15) is 0 Å². The molecule has 1 amide bonds. The van der Waals surface area contributed by atoms with Gasteiger partial charge in [-0.05, 0) is 25.5 Å². The average Bonchev–Trinajstić information content (AvgIpc) is 2.52. The van der Waals surface area contributed by atoms with E-state index in [0.717, 1.165) is 5.56 Å². The number of alkyl halides is 2. The molecule has 1 aromatic carbocycles. The lowest BCUT2D eigenvalue weighted by Crippen LogP contribution is -2.38. The summed E-state index contributed by atoms with van der Waals surface area (Å²) in [6.45, 7) is 3.83. The third kappa shape index (κ3) is 2.30. The Hall–Kier alpha value is -1.45. The number of hydrogen-bond acceptors (Lipinski definition) is 1. The van der Waals surface area contributed by atoms with E-state index >= 15 is 0 Å². The van der Waals surface area contributed by atoms with Gasteiger partial charge >= 0.3 is 0 Å². The highest BCUT2D eigenvalue weighted by Gasteiger charge is 2.39. The zero-order chi connectivity index (χ0) is 12.6. The summed E-state index contributed by atoms with van der Waals surface area (Å²) in [4.78, 5) is 11.4. The van der Waals surface area contributed by atoms with E-state index in [2.05, 4.69) is 5.32 Å². The second-order valence-corrected chi connectivity index (χ2v) is 5.00. The molecule has 1 aliphatic heterocycles. The van der Waals surface area contributed by atoms with E-state index < -0.39 is 6.43 Å². The van der Waals surface area contributed by atoms with Gasteiger partial charge in [0.25, 0.3) is 6.43 Å². The van der Waals surface area contributed by atoms with E-state index in [1.54, 1.807) is 12.1 Å². The number of carbonyl (C=O) groups is 1. The fourth-order valence-electron chi connectivity index (χ4n) is 2.38. The summed E-state index contributed by atoms with van der Waals surface area (Å²) in [5, 5.41) is 2.86. The number of carbonyl (C=O) groups excluding carboxylic acids is 1. The Morgan fingerprint density at radius 3 is 2.65 bits per heavy atom. The molecule has 1 atom stereocenters. The average molecular weight is 239 g/mol. The van der Waals surface area contributed by atoms with Crippen molar-refractivity contribution < 1.29 is 13.6 Å². The third-order valence-electron chi connectivity index (χ3n) is 3.29. The fraction of sp³-hybridized carbons (Fsp3) is 0.462. The monoisotopic (exact) mass is 239 g/mol. The van der Waals surface area contributed by atoms with Crippen LogP contribution in [0.2, 0.25) is 0 Å². The standard InChI is InChI=1S/C13H15F2NO/c1-13(2)10(7-11(17)16-13)8-4-3-5-9(6-8)12(14)15/h3-6,10,12H,7H2,1-2H3,(H,16,17). The fourth-order valence-corrected chi connectivity index (χ4v) is 2.38. The minimum absolute atomic E-state index is 0.0117. The van der Waals surface area contributed by atoms with Crippen LogP contribution < -0.4 is 5.32 Å². The first-order chi connectivity index (χ1) is 7.90. The van der Waals surface area contributed by atoms with Gasteiger partial charge in [-0.3, -0.25) is 4.79 Å². The third-order valence-corrected chi connectivity index (χ3v) is 3.29. The molecule has 1 aromatic rings. The largest absolute Gasteiger partial charge is 0.351 e. The van der Waals surface area contributed by atoms with E-state index in [1.165, 1.54) is 12.1 Å². The van der Waals surface area contributed by atoms with Gasteiger partial charge in [0.15, 0.2) is 0 Å². The van der Waals surface area contributed by atoms with Gasteiger partial charge < -0.3 is 5.32 Å². The normalized spacial score (nSPS) is 22.9. The molecule has 92 valence electrons. The number of rotatable bonds is 2. The molecule has 1 fully saturated rings. The van der Waals surface area contributed by atoms with E-state index in [4.69, 9.17) is 0 Å². The van der Waals surface area contributed by atoms with Crippen molar-refractivity contribution in [1.29, 1.82) is 0 Å². The lowest BCUT2D eigenvalue weighted by molar-refractivity contribution is -0.119. The van der Waals surface area contributed by atoms with Crippen LogP contribution in [0.1, 0.15) is 43.7 Å². The van der Waals surface area contributed by atoms with Gasteiger partial charge in [-0.1, -0.05) is 18.2 Å². The van der Waals surface area contributed by atoms with Gasteiger partial charge in [0.1, 0.15) is 0 Å². The van der Waals surface area contributed by atoms with Crippen molar-refractivity contribution in [2.45, 2.75) is 38.2 Å². The number of amides is 1. The van der Waals surface area contributed by atoms with Gasteiger partial charge in [0, 0.05) is 23.4 Å². The van der Waals surface area contributed by atoms with Crippen LogP contribution in [0.3, 0.4) is 0 Å². The number of benzene rings is 1. The van der Waals surface area contributed by atoms with Crippen LogP contribution in [0, 0.1) is 0 Å². The highest BCUT2D eigenvalue weighted by molar-refractivity contribution is 5.81. The maximum absolute atomic E-state index is 12.6. The molecule has 0 aliphatic carbocycles. The van der Waals surface area contributed by atoms with Crippen LogP contribution in [-0.2, 0) is 4.79 Å². The van der Waals surface area contributed by atoms with Crippen LogP contribution in [0.25, 0.3) is 0 Å². The van der Waals surface area contributed by atoms with E-state index in [-0.39, 0.29) is 22.9 Å². The molecule has 0 spiro atoms. The molecule has 4 heteroatoms. The summed E-state index contributed by atoms with van der Waals surface area (Å²) in [7, 11) is 0. The zero-order valence-electron chi connectivity index (χ0n) is 9.84. The van der Waals surface area contributed by atoms with Crippen molar-refractivity contribution in [3.63, 3.8) is 0 Å².